The molecule has 5 heteroatoms. The number of amides is 1. The second-order valence-corrected chi connectivity index (χ2v) is 6.14. The van der Waals surface area contributed by atoms with Gasteiger partial charge in [-0.2, -0.15) is 0 Å². The fraction of sp³-hybridized carbons (Fsp3) is 0.278. The van der Waals surface area contributed by atoms with Crippen LogP contribution in [0, 0.1) is 6.92 Å². The van der Waals surface area contributed by atoms with E-state index in [4.69, 9.17) is 4.74 Å². The van der Waals surface area contributed by atoms with Crippen molar-refractivity contribution in [3.05, 3.63) is 58.1 Å². The van der Waals surface area contributed by atoms with Crippen LogP contribution < -0.4 is 15.4 Å². The number of halogens is 1. The van der Waals surface area contributed by atoms with E-state index in [-0.39, 0.29) is 12.5 Å². The number of methoxy groups -OCH3 is 1. The first-order chi connectivity index (χ1) is 11.1. The molecule has 0 radical (unpaired) electrons. The van der Waals surface area contributed by atoms with Crippen LogP contribution in [0.5, 0.6) is 5.75 Å². The Bertz CT molecular complexity index is 674. The molecule has 0 heterocycles. The monoisotopic (exact) mass is 376 g/mol. The standard InChI is InChI=1S/C18H21BrN2O2/c1-13-6-7-17(16(19)10-13)21-12-18(22)20-9-8-14-4-3-5-15(11-14)23-2/h3-7,10-11,21H,8-9,12H2,1-2H3,(H,20,22). The van der Waals surface area contributed by atoms with Crippen LogP contribution in [0.25, 0.3) is 0 Å². The molecule has 0 saturated heterocycles. The predicted octanol–water partition coefficient (Wildman–Crippen LogP) is 3.54. The molecule has 0 aliphatic rings. The molecule has 2 aromatic rings. The Hall–Kier alpha value is -2.01. The molecule has 0 fully saturated rings. The molecular weight excluding hydrogens is 356 g/mol. The maximum atomic E-state index is 11.9. The Balaban J connectivity index is 1.74. The lowest BCUT2D eigenvalue weighted by Gasteiger charge is -2.10. The molecule has 0 bridgehead atoms. The summed E-state index contributed by atoms with van der Waals surface area (Å²) < 4.78 is 6.15. The molecule has 0 aliphatic heterocycles. The average Bonchev–Trinajstić information content (AvgIpc) is 2.54. The Morgan fingerprint density at radius 3 is 2.78 bits per heavy atom. The van der Waals surface area contributed by atoms with Gasteiger partial charge in [0.25, 0.3) is 0 Å². The molecule has 0 atom stereocenters. The molecule has 1 amide bonds. The minimum atomic E-state index is -0.0274. The number of nitrogens with one attached hydrogen (secondary N) is 2. The van der Waals surface area contributed by atoms with Gasteiger partial charge in [-0.15, -0.1) is 0 Å². The number of carbonyl (C=O) groups is 1. The summed E-state index contributed by atoms with van der Waals surface area (Å²) >= 11 is 3.49. The van der Waals surface area contributed by atoms with Crippen LogP contribution in [-0.4, -0.2) is 26.1 Å². The zero-order chi connectivity index (χ0) is 16.7. The third-order valence-electron chi connectivity index (χ3n) is 3.43. The number of anilines is 1. The molecule has 0 unspecified atom stereocenters. The summed E-state index contributed by atoms with van der Waals surface area (Å²) in [5, 5.41) is 6.04. The number of rotatable bonds is 7. The number of ether oxygens (including phenoxy) is 1. The maximum Gasteiger partial charge on any atom is 0.239 e. The first-order valence-electron chi connectivity index (χ1n) is 7.48. The lowest BCUT2D eigenvalue weighted by Crippen LogP contribution is -2.31. The minimum absolute atomic E-state index is 0.0274. The lowest BCUT2D eigenvalue weighted by atomic mass is 10.1. The number of hydrogen-bond acceptors (Lipinski definition) is 3. The maximum absolute atomic E-state index is 11.9. The van der Waals surface area contributed by atoms with E-state index in [0.717, 1.165) is 27.9 Å². The third-order valence-corrected chi connectivity index (χ3v) is 4.09. The van der Waals surface area contributed by atoms with E-state index < -0.39 is 0 Å². The highest BCUT2D eigenvalue weighted by Gasteiger charge is 2.04. The van der Waals surface area contributed by atoms with Gasteiger partial charge in [0, 0.05) is 16.7 Å². The quantitative estimate of drug-likeness (QED) is 0.776. The lowest BCUT2D eigenvalue weighted by molar-refractivity contribution is -0.119. The van der Waals surface area contributed by atoms with Crippen LogP contribution >= 0.6 is 15.9 Å². The van der Waals surface area contributed by atoms with Crippen molar-refractivity contribution in [2.24, 2.45) is 0 Å². The zero-order valence-electron chi connectivity index (χ0n) is 13.4. The van der Waals surface area contributed by atoms with E-state index in [2.05, 4.69) is 26.6 Å². The normalized spacial score (nSPS) is 10.2. The molecular formula is C18H21BrN2O2. The van der Waals surface area contributed by atoms with Crippen LogP contribution in [0.1, 0.15) is 11.1 Å². The van der Waals surface area contributed by atoms with Gasteiger partial charge < -0.3 is 15.4 Å². The van der Waals surface area contributed by atoms with Gasteiger partial charge in [-0.1, -0.05) is 18.2 Å². The summed E-state index contributed by atoms with van der Waals surface area (Å²) in [4.78, 5) is 11.9. The van der Waals surface area contributed by atoms with Crippen molar-refractivity contribution >= 4 is 27.5 Å². The molecule has 0 saturated carbocycles. The van der Waals surface area contributed by atoms with Crippen molar-refractivity contribution in [2.45, 2.75) is 13.3 Å². The first-order valence-corrected chi connectivity index (χ1v) is 8.27. The van der Waals surface area contributed by atoms with Crippen molar-refractivity contribution in [2.75, 3.05) is 25.5 Å². The van der Waals surface area contributed by atoms with Gasteiger partial charge in [-0.25, -0.2) is 0 Å². The van der Waals surface area contributed by atoms with Gasteiger partial charge in [-0.3, -0.25) is 4.79 Å². The SMILES string of the molecule is COc1cccc(CCNC(=O)CNc2ccc(C)cc2Br)c1. The molecule has 0 aromatic heterocycles. The fourth-order valence-electron chi connectivity index (χ4n) is 2.18. The van der Waals surface area contributed by atoms with Crippen LogP contribution in [-0.2, 0) is 11.2 Å². The summed E-state index contributed by atoms with van der Waals surface area (Å²) in [7, 11) is 1.65. The van der Waals surface area contributed by atoms with Crippen LogP contribution in [0.4, 0.5) is 5.69 Å². The van der Waals surface area contributed by atoms with E-state index in [1.807, 2.05) is 49.4 Å². The van der Waals surface area contributed by atoms with E-state index in [1.165, 1.54) is 5.56 Å². The molecule has 122 valence electrons. The summed E-state index contributed by atoms with van der Waals surface area (Å²) in [5.74, 6) is 0.806. The summed E-state index contributed by atoms with van der Waals surface area (Å²) in [6.07, 6.45) is 0.775. The van der Waals surface area contributed by atoms with Crippen molar-refractivity contribution in [1.82, 2.24) is 5.32 Å². The highest BCUT2D eigenvalue weighted by atomic mass is 79.9. The van der Waals surface area contributed by atoms with E-state index in [9.17, 15) is 4.79 Å². The number of carbonyl (C=O) groups excluding carboxylic acids is 1. The van der Waals surface area contributed by atoms with E-state index in [0.29, 0.717) is 6.54 Å². The Kier molecular flexibility index (Phi) is 6.47. The minimum Gasteiger partial charge on any atom is -0.497 e. The van der Waals surface area contributed by atoms with Crippen molar-refractivity contribution < 1.29 is 9.53 Å². The second kappa shape index (κ2) is 8.58. The second-order valence-electron chi connectivity index (χ2n) is 5.29. The number of hydrogen-bond donors (Lipinski definition) is 2. The topological polar surface area (TPSA) is 50.4 Å². The van der Waals surface area contributed by atoms with Crippen molar-refractivity contribution in [1.29, 1.82) is 0 Å². The van der Waals surface area contributed by atoms with Crippen molar-refractivity contribution in [3.8, 4) is 5.75 Å². The van der Waals surface area contributed by atoms with Gasteiger partial charge in [0.2, 0.25) is 5.91 Å². The van der Waals surface area contributed by atoms with Gasteiger partial charge in [0.1, 0.15) is 5.75 Å². The zero-order valence-corrected chi connectivity index (χ0v) is 14.9. The smallest absolute Gasteiger partial charge is 0.239 e. The molecule has 2 rings (SSSR count). The fourth-order valence-corrected chi connectivity index (χ4v) is 2.81. The van der Waals surface area contributed by atoms with Crippen LogP contribution in [0.3, 0.4) is 0 Å². The largest absolute Gasteiger partial charge is 0.497 e. The van der Waals surface area contributed by atoms with Gasteiger partial charge >= 0.3 is 0 Å². The van der Waals surface area contributed by atoms with Gasteiger partial charge in [0.15, 0.2) is 0 Å². The molecule has 0 aliphatic carbocycles. The highest BCUT2D eigenvalue weighted by molar-refractivity contribution is 9.10. The van der Waals surface area contributed by atoms with Gasteiger partial charge in [-0.05, 0) is 64.7 Å². The van der Waals surface area contributed by atoms with Crippen molar-refractivity contribution in [3.63, 3.8) is 0 Å². The Labute approximate surface area is 145 Å². The molecule has 23 heavy (non-hydrogen) atoms. The van der Waals surface area contributed by atoms with Crippen LogP contribution in [0.15, 0.2) is 46.9 Å². The Morgan fingerprint density at radius 1 is 1.22 bits per heavy atom. The van der Waals surface area contributed by atoms with E-state index in [1.54, 1.807) is 7.11 Å². The highest BCUT2D eigenvalue weighted by Crippen LogP contribution is 2.22. The van der Waals surface area contributed by atoms with Crippen LogP contribution in [0.2, 0.25) is 0 Å². The molecule has 2 N–H and O–H groups in total. The first kappa shape index (κ1) is 17.3. The third kappa shape index (κ3) is 5.60. The van der Waals surface area contributed by atoms with Gasteiger partial charge in [0.05, 0.1) is 13.7 Å². The summed E-state index contributed by atoms with van der Waals surface area (Å²) in [5.41, 5.74) is 3.22. The molecule has 2 aromatic carbocycles. The Morgan fingerprint density at radius 2 is 2.04 bits per heavy atom. The molecule has 4 nitrogen and oxygen atoms in total. The summed E-state index contributed by atoms with van der Waals surface area (Å²) in [6.45, 7) is 2.88. The average molecular weight is 377 g/mol. The van der Waals surface area contributed by atoms with E-state index >= 15 is 0 Å². The molecule has 0 spiro atoms. The predicted molar refractivity (Wildman–Crippen MR) is 97.1 cm³/mol. The summed E-state index contributed by atoms with van der Waals surface area (Å²) in [6, 6.07) is 13.8. The number of aryl methyl sites for hydroxylation is 1. The number of benzene rings is 2.